The van der Waals surface area contributed by atoms with Crippen LogP contribution in [0.3, 0.4) is 0 Å². The molecule has 2 aromatic rings. The third-order valence-electron chi connectivity index (χ3n) is 3.10. The van der Waals surface area contributed by atoms with E-state index in [2.05, 4.69) is 64.2 Å². The average Bonchev–Trinajstić information content (AvgIpc) is 2.66. The third-order valence-corrected chi connectivity index (χ3v) is 4.01. The standard InChI is InChI=1S/C13H16ClIN2/c1-3-9(2)8-17-12-5-4-10(15)6-11(12)16-13(17)7-14/h4-6,9H,3,7-8H2,1-2H3. The van der Waals surface area contributed by atoms with Crippen molar-refractivity contribution in [3.8, 4) is 0 Å². The van der Waals surface area contributed by atoms with Crippen molar-refractivity contribution >= 4 is 45.2 Å². The summed E-state index contributed by atoms with van der Waals surface area (Å²) in [6.07, 6.45) is 1.17. The molecule has 1 heterocycles. The Bertz CT molecular complexity index is 521. The van der Waals surface area contributed by atoms with E-state index >= 15 is 0 Å². The molecule has 0 aliphatic carbocycles. The Morgan fingerprint density at radius 1 is 1.47 bits per heavy atom. The lowest BCUT2D eigenvalue weighted by Gasteiger charge is -2.12. The van der Waals surface area contributed by atoms with Crippen LogP contribution in [0.4, 0.5) is 0 Å². The summed E-state index contributed by atoms with van der Waals surface area (Å²) in [5, 5.41) is 0. The highest BCUT2D eigenvalue weighted by atomic mass is 127. The molecule has 0 radical (unpaired) electrons. The summed E-state index contributed by atoms with van der Waals surface area (Å²) in [7, 11) is 0. The Balaban J connectivity index is 2.50. The predicted molar refractivity (Wildman–Crippen MR) is 81.5 cm³/mol. The van der Waals surface area contributed by atoms with Crippen LogP contribution in [0.15, 0.2) is 18.2 Å². The Morgan fingerprint density at radius 2 is 2.24 bits per heavy atom. The van der Waals surface area contributed by atoms with E-state index in [0.29, 0.717) is 11.8 Å². The molecule has 0 aliphatic heterocycles. The topological polar surface area (TPSA) is 17.8 Å². The van der Waals surface area contributed by atoms with Crippen LogP contribution >= 0.6 is 34.2 Å². The maximum Gasteiger partial charge on any atom is 0.124 e. The molecule has 0 fully saturated rings. The van der Waals surface area contributed by atoms with E-state index in [1.54, 1.807) is 0 Å². The zero-order chi connectivity index (χ0) is 12.4. The first-order valence-electron chi connectivity index (χ1n) is 5.86. The highest BCUT2D eigenvalue weighted by Crippen LogP contribution is 2.22. The van der Waals surface area contributed by atoms with Gasteiger partial charge in [-0.15, -0.1) is 11.6 Å². The minimum atomic E-state index is 0.474. The van der Waals surface area contributed by atoms with Crippen LogP contribution < -0.4 is 0 Å². The molecule has 17 heavy (non-hydrogen) atoms. The molecule has 1 atom stereocenters. The zero-order valence-electron chi connectivity index (χ0n) is 10.1. The monoisotopic (exact) mass is 362 g/mol. The molecule has 0 saturated carbocycles. The van der Waals surface area contributed by atoms with E-state index in [1.807, 2.05) is 0 Å². The van der Waals surface area contributed by atoms with Crippen LogP contribution in [0.1, 0.15) is 26.1 Å². The fraction of sp³-hybridized carbons (Fsp3) is 0.462. The van der Waals surface area contributed by atoms with E-state index in [0.717, 1.165) is 17.9 Å². The number of benzene rings is 1. The van der Waals surface area contributed by atoms with Gasteiger partial charge in [0.25, 0.3) is 0 Å². The maximum atomic E-state index is 5.98. The molecule has 92 valence electrons. The summed E-state index contributed by atoms with van der Waals surface area (Å²) in [5.74, 6) is 2.10. The predicted octanol–water partition coefficient (Wildman–Crippen LogP) is 4.43. The highest BCUT2D eigenvalue weighted by molar-refractivity contribution is 14.1. The zero-order valence-corrected chi connectivity index (χ0v) is 13.0. The summed E-state index contributed by atoms with van der Waals surface area (Å²) in [6.45, 7) is 5.47. The number of hydrogen-bond donors (Lipinski definition) is 0. The van der Waals surface area contributed by atoms with Crippen molar-refractivity contribution < 1.29 is 0 Å². The lowest BCUT2D eigenvalue weighted by atomic mass is 10.1. The van der Waals surface area contributed by atoms with Gasteiger partial charge in [-0.25, -0.2) is 4.98 Å². The van der Waals surface area contributed by atoms with Crippen molar-refractivity contribution in [1.82, 2.24) is 9.55 Å². The van der Waals surface area contributed by atoms with Crippen LogP contribution in [0.2, 0.25) is 0 Å². The van der Waals surface area contributed by atoms with Crippen molar-refractivity contribution in [1.29, 1.82) is 0 Å². The van der Waals surface area contributed by atoms with Gasteiger partial charge in [-0.05, 0) is 46.7 Å². The van der Waals surface area contributed by atoms with Gasteiger partial charge in [-0.1, -0.05) is 20.3 Å². The molecule has 2 nitrogen and oxygen atoms in total. The van der Waals surface area contributed by atoms with E-state index < -0.39 is 0 Å². The van der Waals surface area contributed by atoms with E-state index in [4.69, 9.17) is 11.6 Å². The number of nitrogens with zero attached hydrogens (tertiary/aromatic N) is 2. The first-order valence-corrected chi connectivity index (χ1v) is 7.47. The number of halogens is 2. The number of fused-ring (bicyclic) bond motifs is 1. The number of alkyl halides is 1. The van der Waals surface area contributed by atoms with Gasteiger partial charge in [0, 0.05) is 10.1 Å². The van der Waals surface area contributed by atoms with Crippen molar-refractivity contribution in [3.05, 3.63) is 27.6 Å². The molecule has 2 rings (SSSR count). The molecule has 1 aromatic heterocycles. The smallest absolute Gasteiger partial charge is 0.124 e. The summed E-state index contributed by atoms with van der Waals surface area (Å²) in [5.41, 5.74) is 2.25. The Kier molecular flexibility index (Phi) is 4.31. The number of rotatable bonds is 4. The van der Waals surface area contributed by atoms with Gasteiger partial charge in [0.1, 0.15) is 5.82 Å². The van der Waals surface area contributed by atoms with Crippen LogP contribution in [0, 0.1) is 9.49 Å². The number of imidazole rings is 1. The molecule has 0 aliphatic rings. The van der Waals surface area contributed by atoms with Crippen LogP contribution in [-0.4, -0.2) is 9.55 Å². The van der Waals surface area contributed by atoms with Gasteiger partial charge in [-0.2, -0.15) is 0 Å². The third kappa shape index (κ3) is 2.76. The molecule has 1 unspecified atom stereocenters. The Hall–Kier alpha value is -0.290. The Labute approximate surface area is 121 Å². The average molecular weight is 363 g/mol. The van der Waals surface area contributed by atoms with E-state index in [-0.39, 0.29) is 0 Å². The van der Waals surface area contributed by atoms with Gasteiger partial charge in [0.2, 0.25) is 0 Å². The molecular weight excluding hydrogens is 347 g/mol. The van der Waals surface area contributed by atoms with Gasteiger partial charge < -0.3 is 4.57 Å². The molecule has 0 saturated heterocycles. The van der Waals surface area contributed by atoms with Gasteiger partial charge >= 0.3 is 0 Å². The van der Waals surface area contributed by atoms with Crippen molar-refractivity contribution in [2.75, 3.05) is 0 Å². The largest absolute Gasteiger partial charge is 0.327 e. The van der Waals surface area contributed by atoms with Crippen LogP contribution in [-0.2, 0) is 12.4 Å². The lowest BCUT2D eigenvalue weighted by molar-refractivity contribution is 0.469. The highest BCUT2D eigenvalue weighted by Gasteiger charge is 2.12. The molecule has 0 amide bonds. The summed E-state index contributed by atoms with van der Waals surface area (Å²) in [4.78, 5) is 4.61. The Morgan fingerprint density at radius 3 is 2.88 bits per heavy atom. The number of hydrogen-bond acceptors (Lipinski definition) is 1. The second kappa shape index (κ2) is 5.57. The van der Waals surface area contributed by atoms with Crippen molar-refractivity contribution in [2.45, 2.75) is 32.7 Å². The van der Waals surface area contributed by atoms with E-state index in [1.165, 1.54) is 15.5 Å². The number of aromatic nitrogens is 2. The fourth-order valence-electron chi connectivity index (χ4n) is 1.90. The fourth-order valence-corrected chi connectivity index (χ4v) is 2.58. The minimum Gasteiger partial charge on any atom is -0.327 e. The van der Waals surface area contributed by atoms with E-state index in [9.17, 15) is 0 Å². The van der Waals surface area contributed by atoms with Crippen LogP contribution in [0.5, 0.6) is 0 Å². The molecule has 4 heteroatoms. The second-order valence-corrected chi connectivity index (χ2v) is 5.93. The quantitative estimate of drug-likeness (QED) is 0.581. The summed E-state index contributed by atoms with van der Waals surface area (Å²) >= 11 is 8.30. The molecular formula is C13H16ClIN2. The normalized spacial score (nSPS) is 13.2. The first-order chi connectivity index (χ1) is 8.15. The second-order valence-electron chi connectivity index (χ2n) is 4.42. The SMILES string of the molecule is CCC(C)Cn1c(CCl)nc2cc(I)ccc21. The van der Waals surface area contributed by atoms with Crippen molar-refractivity contribution in [2.24, 2.45) is 5.92 Å². The maximum absolute atomic E-state index is 5.98. The van der Waals surface area contributed by atoms with Gasteiger partial charge in [-0.3, -0.25) is 0 Å². The summed E-state index contributed by atoms with van der Waals surface area (Å²) < 4.78 is 3.47. The van der Waals surface area contributed by atoms with Crippen LogP contribution in [0.25, 0.3) is 11.0 Å². The minimum absolute atomic E-state index is 0.474. The summed E-state index contributed by atoms with van der Waals surface area (Å²) in [6, 6.07) is 6.37. The lowest BCUT2D eigenvalue weighted by Crippen LogP contribution is -2.09. The first kappa shape index (κ1) is 13.1. The van der Waals surface area contributed by atoms with Gasteiger partial charge in [0.05, 0.1) is 16.9 Å². The van der Waals surface area contributed by atoms with Gasteiger partial charge in [0.15, 0.2) is 0 Å². The molecule has 0 N–H and O–H groups in total. The molecule has 0 bridgehead atoms. The van der Waals surface area contributed by atoms with Crippen molar-refractivity contribution in [3.63, 3.8) is 0 Å². The molecule has 1 aromatic carbocycles. The molecule has 0 spiro atoms.